The molecule has 0 unspecified atom stereocenters. The summed E-state index contributed by atoms with van der Waals surface area (Å²) in [7, 11) is 1.63. The van der Waals surface area contributed by atoms with Crippen molar-refractivity contribution in [3.63, 3.8) is 0 Å². The van der Waals surface area contributed by atoms with Gasteiger partial charge in [0.1, 0.15) is 5.82 Å². The van der Waals surface area contributed by atoms with Crippen LogP contribution in [0.3, 0.4) is 0 Å². The largest absolute Gasteiger partial charge is 0.385 e. The second-order valence-corrected chi connectivity index (χ2v) is 4.38. The monoisotopic (exact) mass is 264 g/mol. The molecule has 0 aliphatic carbocycles. The third-order valence-electron chi connectivity index (χ3n) is 2.93. The normalized spacial score (nSPS) is 10.8. The molecule has 2 N–H and O–H groups in total. The van der Waals surface area contributed by atoms with E-state index in [1.54, 1.807) is 19.4 Å². The average molecular weight is 264 g/mol. The summed E-state index contributed by atoms with van der Waals surface area (Å²) in [6, 6.07) is 4.51. The number of carbonyl (C=O) groups is 1. The van der Waals surface area contributed by atoms with Crippen molar-refractivity contribution in [1.82, 2.24) is 10.3 Å². The van der Waals surface area contributed by atoms with Gasteiger partial charge in [-0.1, -0.05) is 0 Å². The van der Waals surface area contributed by atoms with Crippen molar-refractivity contribution in [3.8, 4) is 0 Å². The molecule has 2 rings (SSSR count). The zero-order valence-corrected chi connectivity index (χ0v) is 10.8. The summed E-state index contributed by atoms with van der Waals surface area (Å²) in [5.74, 6) is -0.328. The lowest BCUT2D eigenvalue weighted by Gasteiger charge is -2.04. The summed E-state index contributed by atoms with van der Waals surface area (Å²) >= 11 is 0. The Morgan fingerprint density at radius 1 is 1.47 bits per heavy atom. The van der Waals surface area contributed by atoms with Gasteiger partial charge < -0.3 is 15.0 Å². The summed E-state index contributed by atoms with van der Waals surface area (Å²) in [5, 5.41) is 3.71. The first-order valence-corrected chi connectivity index (χ1v) is 6.22. The van der Waals surface area contributed by atoms with Gasteiger partial charge in [-0.2, -0.15) is 0 Å². The number of benzene rings is 1. The number of hydrogen-bond acceptors (Lipinski definition) is 2. The number of aromatic nitrogens is 1. The predicted molar refractivity (Wildman–Crippen MR) is 71.5 cm³/mol. The molecule has 0 aliphatic heterocycles. The molecule has 5 heteroatoms. The van der Waals surface area contributed by atoms with Crippen LogP contribution in [0.2, 0.25) is 0 Å². The molecule has 0 atom stereocenters. The highest BCUT2D eigenvalue weighted by atomic mass is 19.1. The van der Waals surface area contributed by atoms with E-state index in [-0.39, 0.29) is 11.7 Å². The lowest BCUT2D eigenvalue weighted by Crippen LogP contribution is -2.26. The number of halogens is 1. The predicted octanol–water partition coefficient (Wildman–Crippen LogP) is 2.00. The fourth-order valence-corrected chi connectivity index (χ4v) is 1.98. The molecule has 1 aromatic carbocycles. The highest BCUT2D eigenvalue weighted by molar-refractivity contribution is 5.88. The van der Waals surface area contributed by atoms with Crippen molar-refractivity contribution < 1.29 is 13.9 Å². The van der Waals surface area contributed by atoms with Gasteiger partial charge in [0.2, 0.25) is 5.91 Å². The molecular weight excluding hydrogens is 247 g/mol. The first kappa shape index (κ1) is 13.5. The number of amides is 1. The topological polar surface area (TPSA) is 54.1 Å². The average Bonchev–Trinajstić information content (AvgIpc) is 2.77. The SMILES string of the molecule is COCCCNC(=O)Cc1c[nH]c2cc(F)ccc12. The number of nitrogens with one attached hydrogen (secondary N) is 2. The van der Waals surface area contributed by atoms with Crippen molar-refractivity contribution in [2.45, 2.75) is 12.8 Å². The molecule has 0 spiro atoms. The van der Waals surface area contributed by atoms with E-state index >= 15 is 0 Å². The van der Waals surface area contributed by atoms with Gasteiger partial charge in [0, 0.05) is 37.4 Å². The van der Waals surface area contributed by atoms with Crippen LogP contribution in [-0.2, 0) is 16.0 Å². The maximum Gasteiger partial charge on any atom is 0.224 e. The van der Waals surface area contributed by atoms with Gasteiger partial charge in [0.05, 0.1) is 6.42 Å². The maximum atomic E-state index is 13.0. The van der Waals surface area contributed by atoms with Crippen LogP contribution < -0.4 is 5.32 Å². The molecule has 0 saturated carbocycles. The Balaban J connectivity index is 1.95. The zero-order chi connectivity index (χ0) is 13.7. The van der Waals surface area contributed by atoms with Crippen molar-refractivity contribution in [3.05, 3.63) is 35.8 Å². The van der Waals surface area contributed by atoms with Crippen molar-refractivity contribution in [2.75, 3.05) is 20.3 Å². The first-order valence-electron chi connectivity index (χ1n) is 6.22. The van der Waals surface area contributed by atoms with E-state index in [0.717, 1.165) is 17.4 Å². The van der Waals surface area contributed by atoms with Gasteiger partial charge in [-0.3, -0.25) is 4.79 Å². The molecule has 102 valence electrons. The van der Waals surface area contributed by atoms with E-state index in [4.69, 9.17) is 4.74 Å². The minimum Gasteiger partial charge on any atom is -0.385 e. The van der Waals surface area contributed by atoms with Crippen LogP contribution in [0.5, 0.6) is 0 Å². The molecule has 2 aromatic rings. The molecule has 1 heterocycles. The fraction of sp³-hybridized carbons (Fsp3) is 0.357. The molecule has 0 saturated heterocycles. The smallest absolute Gasteiger partial charge is 0.224 e. The van der Waals surface area contributed by atoms with Crippen molar-refractivity contribution >= 4 is 16.8 Å². The van der Waals surface area contributed by atoms with E-state index in [1.807, 2.05) is 0 Å². The lowest BCUT2D eigenvalue weighted by molar-refractivity contribution is -0.120. The van der Waals surface area contributed by atoms with E-state index in [9.17, 15) is 9.18 Å². The van der Waals surface area contributed by atoms with Crippen LogP contribution in [-0.4, -0.2) is 31.2 Å². The Bertz CT molecular complexity index is 566. The number of carbonyl (C=O) groups excluding carboxylic acids is 1. The van der Waals surface area contributed by atoms with E-state index in [0.29, 0.717) is 25.1 Å². The number of H-pyrrole nitrogens is 1. The quantitative estimate of drug-likeness (QED) is 0.784. The van der Waals surface area contributed by atoms with Crippen LogP contribution in [0.15, 0.2) is 24.4 Å². The van der Waals surface area contributed by atoms with Crippen LogP contribution >= 0.6 is 0 Å². The Kier molecular flexibility index (Phi) is 4.52. The third-order valence-corrected chi connectivity index (χ3v) is 2.93. The number of hydrogen-bond donors (Lipinski definition) is 2. The maximum absolute atomic E-state index is 13.0. The van der Waals surface area contributed by atoms with Gasteiger partial charge in [0.25, 0.3) is 0 Å². The molecule has 0 radical (unpaired) electrons. The molecule has 1 amide bonds. The summed E-state index contributed by atoms with van der Waals surface area (Å²) in [6.45, 7) is 1.23. The van der Waals surface area contributed by atoms with Crippen LogP contribution in [0.4, 0.5) is 4.39 Å². The molecular formula is C14H17FN2O2. The highest BCUT2D eigenvalue weighted by Gasteiger charge is 2.08. The summed E-state index contributed by atoms with van der Waals surface area (Å²) in [4.78, 5) is 14.7. The Morgan fingerprint density at radius 2 is 2.32 bits per heavy atom. The van der Waals surface area contributed by atoms with E-state index in [1.165, 1.54) is 12.1 Å². The molecule has 19 heavy (non-hydrogen) atoms. The van der Waals surface area contributed by atoms with Gasteiger partial charge in [-0.05, 0) is 30.2 Å². The number of fused-ring (bicyclic) bond motifs is 1. The van der Waals surface area contributed by atoms with E-state index < -0.39 is 0 Å². The minimum absolute atomic E-state index is 0.0404. The molecule has 0 bridgehead atoms. The fourth-order valence-electron chi connectivity index (χ4n) is 1.98. The second kappa shape index (κ2) is 6.33. The Hall–Kier alpha value is -1.88. The Labute approximate surface area is 111 Å². The standard InChI is InChI=1S/C14H17FN2O2/c1-19-6-2-5-16-14(18)7-10-9-17-13-8-11(15)3-4-12(10)13/h3-4,8-9,17H,2,5-7H2,1H3,(H,16,18). The summed E-state index contributed by atoms with van der Waals surface area (Å²) in [6.07, 6.45) is 2.83. The number of methoxy groups -OCH3 is 1. The van der Waals surface area contributed by atoms with Gasteiger partial charge in [-0.25, -0.2) is 4.39 Å². The summed E-state index contributed by atoms with van der Waals surface area (Å²) in [5.41, 5.74) is 1.58. The molecule has 0 aliphatic rings. The molecule has 4 nitrogen and oxygen atoms in total. The first-order chi connectivity index (χ1) is 9.20. The van der Waals surface area contributed by atoms with Crippen LogP contribution in [0.25, 0.3) is 10.9 Å². The third kappa shape index (κ3) is 3.54. The minimum atomic E-state index is -0.287. The number of ether oxygens (including phenoxy) is 1. The van der Waals surface area contributed by atoms with Crippen molar-refractivity contribution in [1.29, 1.82) is 0 Å². The number of aromatic amines is 1. The van der Waals surface area contributed by atoms with E-state index in [2.05, 4.69) is 10.3 Å². The summed E-state index contributed by atoms with van der Waals surface area (Å²) < 4.78 is 17.9. The second-order valence-electron chi connectivity index (χ2n) is 4.38. The number of rotatable bonds is 6. The van der Waals surface area contributed by atoms with Crippen molar-refractivity contribution in [2.24, 2.45) is 0 Å². The van der Waals surface area contributed by atoms with Gasteiger partial charge in [0.15, 0.2) is 0 Å². The molecule has 0 fully saturated rings. The van der Waals surface area contributed by atoms with Crippen LogP contribution in [0, 0.1) is 5.82 Å². The van der Waals surface area contributed by atoms with Gasteiger partial charge in [-0.15, -0.1) is 0 Å². The van der Waals surface area contributed by atoms with Crippen LogP contribution in [0.1, 0.15) is 12.0 Å². The molecule has 1 aromatic heterocycles. The highest BCUT2D eigenvalue weighted by Crippen LogP contribution is 2.19. The lowest BCUT2D eigenvalue weighted by atomic mass is 10.1. The van der Waals surface area contributed by atoms with Gasteiger partial charge >= 0.3 is 0 Å². The Morgan fingerprint density at radius 3 is 3.11 bits per heavy atom. The zero-order valence-electron chi connectivity index (χ0n) is 10.8.